The molecule has 0 aliphatic rings. The Balaban J connectivity index is 1.67. The van der Waals surface area contributed by atoms with Gasteiger partial charge in [0.15, 0.2) is 10.9 Å². The molecule has 0 atom stereocenters. The number of benzene rings is 2. The number of carbonyl (C=O) groups is 1. The van der Waals surface area contributed by atoms with E-state index in [0.717, 1.165) is 11.1 Å². The number of thiocarbonyl (C=S) groups is 1. The number of anilines is 1. The summed E-state index contributed by atoms with van der Waals surface area (Å²) in [6.45, 7) is 4.02. The van der Waals surface area contributed by atoms with Crippen molar-refractivity contribution in [3.05, 3.63) is 80.6 Å². The van der Waals surface area contributed by atoms with E-state index in [9.17, 15) is 14.9 Å². The summed E-state index contributed by atoms with van der Waals surface area (Å²) in [4.78, 5) is 22.6. The second kappa shape index (κ2) is 8.42. The van der Waals surface area contributed by atoms with Crippen molar-refractivity contribution >= 4 is 46.2 Å². The quantitative estimate of drug-likeness (QED) is 0.334. The molecule has 0 aliphatic heterocycles. The first-order chi connectivity index (χ1) is 13.7. The summed E-state index contributed by atoms with van der Waals surface area (Å²) in [5.41, 5.74) is 3.34. The Morgan fingerprint density at radius 3 is 2.52 bits per heavy atom. The lowest BCUT2D eigenvalue weighted by Crippen LogP contribution is -2.33. The van der Waals surface area contributed by atoms with Crippen LogP contribution in [0.25, 0.3) is 11.3 Å². The molecule has 0 saturated carbocycles. The minimum atomic E-state index is -0.556. The molecule has 29 heavy (non-hydrogen) atoms. The third-order valence-electron chi connectivity index (χ3n) is 4.26. The molecule has 0 saturated heterocycles. The molecule has 0 radical (unpaired) electrons. The van der Waals surface area contributed by atoms with Gasteiger partial charge in [0.25, 0.3) is 11.6 Å². The molecule has 0 bridgehead atoms. The lowest BCUT2D eigenvalue weighted by Gasteiger charge is -2.10. The Morgan fingerprint density at radius 1 is 1.10 bits per heavy atom. The minimum Gasteiger partial charge on any atom is -0.451 e. The molecule has 1 aromatic heterocycles. The second-order valence-corrected chi connectivity index (χ2v) is 7.11. The topological polar surface area (TPSA) is 97.4 Å². The highest BCUT2D eigenvalue weighted by Gasteiger charge is 2.15. The fourth-order valence-electron chi connectivity index (χ4n) is 2.55. The Morgan fingerprint density at radius 2 is 1.86 bits per heavy atom. The molecule has 1 amide bonds. The van der Waals surface area contributed by atoms with Gasteiger partial charge in [0.05, 0.1) is 15.6 Å². The number of hydrogen-bond donors (Lipinski definition) is 2. The SMILES string of the molecule is Cc1ccc(-c2ccc(C(=O)NC(=S)Nc3ccc([N+](=O)[O-])cc3Cl)o2)cc1C. The molecule has 148 valence electrons. The van der Waals surface area contributed by atoms with Crippen molar-refractivity contribution in [2.45, 2.75) is 13.8 Å². The van der Waals surface area contributed by atoms with E-state index in [1.165, 1.54) is 23.8 Å². The highest BCUT2D eigenvalue weighted by molar-refractivity contribution is 7.80. The zero-order valence-corrected chi connectivity index (χ0v) is 17.1. The molecule has 0 fully saturated rings. The number of nitrogens with one attached hydrogen (secondary N) is 2. The molecule has 0 spiro atoms. The van der Waals surface area contributed by atoms with Gasteiger partial charge in [0.2, 0.25) is 0 Å². The van der Waals surface area contributed by atoms with Crippen LogP contribution in [0.2, 0.25) is 5.02 Å². The van der Waals surface area contributed by atoms with Gasteiger partial charge < -0.3 is 9.73 Å². The number of rotatable bonds is 4. The van der Waals surface area contributed by atoms with Crippen LogP contribution in [0.15, 0.2) is 52.9 Å². The van der Waals surface area contributed by atoms with Crippen molar-refractivity contribution in [3.63, 3.8) is 0 Å². The van der Waals surface area contributed by atoms with Gasteiger partial charge in [0, 0.05) is 17.7 Å². The summed E-state index contributed by atoms with van der Waals surface area (Å²) >= 11 is 11.1. The maximum atomic E-state index is 12.4. The molecule has 2 N–H and O–H groups in total. The monoisotopic (exact) mass is 429 g/mol. The van der Waals surface area contributed by atoms with Crippen molar-refractivity contribution in [1.29, 1.82) is 0 Å². The largest absolute Gasteiger partial charge is 0.451 e. The molecular formula is C20H16ClN3O4S. The van der Waals surface area contributed by atoms with Crippen molar-refractivity contribution in [2.75, 3.05) is 5.32 Å². The average molecular weight is 430 g/mol. The number of nitro benzene ring substituents is 1. The first kappa shape index (κ1) is 20.5. The van der Waals surface area contributed by atoms with Gasteiger partial charge in [-0.3, -0.25) is 20.2 Å². The van der Waals surface area contributed by atoms with E-state index >= 15 is 0 Å². The number of non-ortho nitro benzene ring substituents is 1. The first-order valence-corrected chi connectivity index (χ1v) is 9.27. The minimum absolute atomic E-state index is 0.0186. The number of nitro groups is 1. The van der Waals surface area contributed by atoms with E-state index in [1.54, 1.807) is 12.1 Å². The van der Waals surface area contributed by atoms with Crippen LogP contribution in [0.5, 0.6) is 0 Å². The van der Waals surface area contributed by atoms with Gasteiger partial charge in [-0.05, 0) is 61.5 Å². The van der Waals surface area contributed by atoms with E-state index in [-0.39, 0.29) is 21.6 Å². The van der Waals surface area contributed by atoms with Crippen molar-refractivity contribution < 1.29 is 14.1 Å². The molecule has 3 rings (SSSR count). The summed E-state index contributed by atoms with van der Waals surface area (Å²) in [5, 5.41) is 16.1. The second-order valence-electron chi connectivity index (χ2n) is 6.29. The number of halogens is 1. The number of nitrogens with zero attached hydrogens (tertiary/aromatic N) is 1. The predicted octanol–water partition coefficient (Wildman–Crippen LogP) is 5.25. The van der Waals surface area contributed by atoms with Crippen LogP contribution in [0, 0.1) is 24.0 Å². The Labute approximate surface area is 176 Å². The highest BCUT2D eigenvalue weighted by atomic mass is 35.5. The van der Waals surface area contributed by atoms with Crippen LogP contribution >= 0.6 is 23.8 Å². The summed E-state index contributed by atoms with van der Waals surface area (Å²) in [6, 6.07) is 13.0. The predicted molar refractivity (Wildman–Crippen MR) is 115 cm³/mol. The van der Waals surface area contributed by atoms with Crippen LogP contribution in [0.3, 0.4) is 0 Å². The standard InChI is InChI=1S/C20H16ClN3O4S/c1-11-3-4-13(9-12(11)2)17-7-8-18(28-17)19(25)23-20(29)22-16-6-5-14(24(26)27)10-15(16)21/h3-10H,1-2H3,(H2,22,23,25,29). The smallest absolute Gasteiger partial charge is 0.293 e. The summed E-state index contributed by atoms with van der Waals surface area (Å²) in [7, 11) is 0. The van der Waals surface area contributed by atoms with Crippen LogP contribution in [-0.2, 0) is 0 Å². The van der Waals surface area contributed by atoms with Crippen LogP contribution < -0.4 is 10.6 Å². The van der Waals surface area contributed by atoms with E-state index in [2.05, 4.69) is 10.6 Å². The number of carbonyl (C=O) groups excluding carboxylic acids is 1. The van der Waals surface area contributed by atoms with E-state index < -0.39 is 10.8 Å². The molecule has 2 aromatic carbocycles. The number of hydrogen-bond acceptors (Lipinski definition) is 5. The molecule has 0 aliphatic carbocycles. The number of furan rings is 1. The fraction of sp³-hybridized carbons (Fsp3) is 0.100. The normalized spacial score (nSPS) is 10.4. The zero-order chi connectivity index (χ0) is 21.1. The maximum absolute atomic E-state index is 12.4. The van der Waals surface area contributed by atoms with Crippen molar-refractivity contribution in [1.82, 2.24) is 5.32 Å². The zero-order valence-electron chi connectivity index (χ0n) is 15.5. The van der Waals surface area contributed by atoms with Gasteiger partial charge in [-0.1, -0.05) is 23.7 Å². The van der Waals surface area contributed by atoms with Gasteiger partial charge in [0.1, 0.15) is 5.76 Å². The maximum Gasteiger partial charge on any atom is 0.293 e. The summed E-state index contributed by atoms with van der Waals surface area (Å²) in [6.07, 6.45) is 0. The molecule has 1 heterocycles. The third kappa shape index (κ3) is 4.79. The lowest BCUT2D eigenvalue weighted by atomic mass is 10.1. The Hall–Kier alpha value is -3.23. The molecular weight excluding hydrogens is 414 g/mol. The summed E-state index contributed by atoms with van der Waals surface area (Å²) in [5.74, 6) is 0.128. The van der Waals surface area contributed by atoms with Gasteiger partial charge in [-0.2, -0.15) is 0 Å². The molecule has 7 nitrogen and oxygen atoms in total. The summed E-state index contributed by atoms with van der Waals surface area (Å²) < 4.78 is 5.64. The number of aryl methyl sites for hydroxylation is 2. The molecule has 9 heteroatoms. The van der Waals surface area contributed by atoms with Gasteiger partial charge in [-0.15, -0.1) is 0 Å². The molecule has 3 aromatic rings. The van der Waals surface area contributed by atoms with Gasteiger partial charge >= 0.3 is 0 Å². The molecule has 0 unspecified atom stereocenters. The van der Waals surface area contributed by atoms with E-state index in [1.807, 2.05) is 32.0 Å². The van der Waals surface area contributed by atoms with Gasteiger partial charge in [-0.25, -0.2) is 0 Å². The first-order valence-electron chi connectivity index (χ1n) is 8.48. The third-order valence-corrected chi connectivity index (χ3v) is 4.78. The Kier molecular flexibility index (Phi) is 5.95. The van der Waals surface area contributed by atoms with Crippen LogP contribution in [0.1, 0.15) is 21.7 Å². The van der Waals surface area contributed by atoms with Crippen LogP contribution in [-0.4, -0.2) is 15.9 Å². The van der Waals surface area contributed by atoms with Crippen molar-refractivity contribution in [2.24, 2.45) is 0 Å². The van der Waals surface area contributed by atoms with E-state index in [0.29, 0.717) is 11.4 Å². The lowest BCUT2D eigenvalue weighted by molar-refractivity contribution is -0.384. The highest BCUT2D eigenvalue weighted by Crippen LogP contribution is 2.27. The van der Waals surface area contributed by atoms with E-state index in [4.69, 9.17) is 28.2 Å². The number of amides is 1. The van der Waals surface area contributed by atoms with Crippen LogP contribution in [0.4, 0.5) is 11.4 Å². The fourth-order valence-corrected chi connectivity index (χ4v) is 2.97. The van der Waals surface area contributed by atoms with Crippen molar-refractivity contribution in [3.8, 4) is 11.3 Å². The Bertz CT molecular complexity index is 1130. The average Bonchev–Trinajstić information content (AvgIpc) is 3.15.